The average Bonchev–Trinajstić information content (AvgIpc) is 2.31. The predicted molar refractivity (Wildman–Crippen MR) is 61.1 cm³/mol. The van der Waals surface area contributed by atoms with Crippen molar-refractivity contribution in [1.82, 2.24) is 5.32 Å². The summed E-state index contributed by atoms with van der Waals surface area (Å²) in [6.45, 7) is 4.96. The lowest BCUT2D eigenvalue weighted by atomic mass is 9.86. The summed E-state index contributed by atoms with van der Waals surface area (Å²) < 4.78 is 10.7. The molecule has 0 bridgehead atoms. The van der Waals surface area contributed by atoms with Crippen molar-refractivity contribution in [2.24, 2.45) is 0 Å². The van der Waals surface area contributed by atoms with E-state index in [1.54, 1.807) is 6.26 Å². The van der Waals surface area contributed by atoms with Crippen LogP contribution in [0.25, 0.3) is 0 Å². The van der Waals surface area contributed by atoms with Gasteiger partial charge in [-0.2, -0.15) is 0 Å². The molecule has 92 valence electrons. The molecule has 2 N–H and O–H groups in total. The summed E-state index contributed by atoms with van der Waals surface area (Å²) in [5.41, 5.74) is 0.227. The molecule has 4 nitrogen and oxygen atoms in total. The number of rotatable bonds is 3. The molecule has 2 aliphatic heterocycles. The average molecular weight is 227 g/mol. The third-order valence-corrected chi connectivity index (χ3v) is 3.27. The van der Waals surface area contributed by atoms with Gasteiger partial charge in [0.15, 0.2) is 0 Å². The molecule has 2 aliphatic rings. The van der Waals surface area contributed by atoms with E-state index in [1.807, 2.05) is 6.92 Å². The second kappa shape index (κ2) is 5.17. The minimum atomic E-state index is -0.779. The van der Waals surface area contributed by atoms with E-state index in [2.05, 4.69) is 5.32 Å². The Kier molecular flexibility index (Phi) is 3.84. The molecule has 2 atom stereocenters. The maximum atomic E-state index is 10.4. The molecule has 0 radical (unpaired) electrons. The fraction of sp³-hybridized carbons (Fsp3) is 0.833. The Morgan fingerprint density at radius 1 is 1.56 bits per heavy atom. The van der Waals surface area contributed by atoms with Crippen LogP contribution >= 0.6 is 0 Å². The summed E-state index contributed by atoms with van der Waals surface area (Å²) in [6.07, 6.45) is 4.34. The van der Waals surface area contributed by atoms with E-state index < -0.39 is 5.60 Å². The normalized spacial score (nSPS) is 30.1. The zero-order valence-corrected chi connectivity index (χ0v) is 9.87. The monoisotopic (exact) mass is 227 g/mol. The molecule has 2 unspecified atom stereocenters. The van der Waals surface area contributed by atoms with Crippen molar-refractivity contribution in [3.05, 3.63) is 11.8 Å². The number of nitrogens with one attached hydrogen (secondary N) is 1. The van der Waals surface area contributed by atoms with Crippen LogP contribution in [0.15, 0.2) is 11.8 Å². The number of morpholine rings is 1. The van der Waals surface area contributed by atoms with E-state index in [0.29, 0.717) is 13.0 Å². The molecule has 0 aromatic rings. The first-order valence-electron chi connectivity index (χ1n) is 6.03. The summed E-state index contributed by atoms with van der Waals surface area (Å²) >= 11 is 0. The van der Waals surface area contributed by atoms with Gasteiger partial charge < -0.3 is 19.9 Å². The van der Waals surface area contributed by atoms with Gasteiger partial charge in [-0.15, -0.1) is 0 Å². The lowest BCUT2D eigenvalue weighted by Gasteiger charge is -2.34. The molecule has 0 aromatic heterocycles. The summed E-state index contributed by atoms with van der Waals surface area (Å²) in [4.78, 5) is 0. The quantitative estimate of drug-likeness (QED) is 0.749. The van der Waals surface area contributed by atoms with Gasteiger partial charge >= 0.3 is 0 Å². The standard InChI is InChI=1S/C12H21NO3/c1-12(14,10-3-2-5-15-8-10)7-11-9-16-6-4-13-11/h8,11,13-14H,2-7,9H2,1H3. The van der Waals surface area contributed by atoms with Gasteiger partial charge in [-0.25, -0.2) is 0 Å². The van der Waals surface area contributed by atoms with E-state index in [9.17, 15) is 5.11 Å². The molecule has 0 aliphatic carbocycles. The molecule has 16 heavy (non-hydrogen) atoms. The number of hydrogen-bond donors (Lipinski definition) is 2. The third kappa shape index (κ3) is 2.97. The third-order valence-electron chi connectivity index (χ3n) is 3.27. The minimum Gasteiger partial charge on any atom is -0.501 e. The molecule has 2 rings (SSSR count). The molecule has 4 heteroatoms. The Morgan fingerprint density at radius 2 is 2.44 bits per heavy atom. The van der Waals surface area contributed by atoms with Crippen LogP contribution in [0.3, 0.4) is 0 Å². The summed E-state index contributed by atoms with van der Waals surface area (Å²) in [6, 6.07) is 0.242. The molecule has 1 saturated heterocycles. The Hall–Kier alpha value is -0.580. The van der Waals surface area contributed by atoms with Crippen LogP contribution in [0, 0.1) is 0 Å². The Morgan fingerprint density at radius 3 is 3.06 bits per heavy atom. The van der Waals surface area contributed by atoms with Crippen LogP contribution in [0.4, 0.5) is 0 Å². The molecular weight excluding hydrogens is 206 g/mol. The van der Waals surface area contributed by atoms with Gasteiger partial charge in [0.05, 0.1) is 31.7 Å². The predicted octanol–water partition coefficient (Wildman–Crippen LogP) is 0.810. The van der Waals surface area contributed by atoms with Crippen molar-refractivity contribution >= 4 is 0 Å². The molecule has 0 spiro atoms. The van der Waals surface area contributed by atoms with Crippen molar-refractivity contribution in [1.29, 1.82) is 0 Å². The van der Waals surface area contributed by atoms with Gasteiger partial charge in [0, 0.05) is 12.6 Å². The van der Waals surface area contributed by atoms with Gasteiger partial charge in [-0.1, -0.05) is 0 Å². The van der Waals surface area contributed by atoms with Crippen molar-refractivity contribution < 1.29 is 14.6 Å². The van der Waals surface area contributed by atoms with Crippen molar-refractivity contribution in [2.45, 2.75) is 37.8 Å². The van der Waals surface area contributed by atoms with Gasteiger partial charge in [0.2, 0.25) is 0 Å². The highest BCUT2D eigenvalue weighted by Crippen LogP contribution is 2.28. The maximum absolute atomic E-state index is 10.4. The fourth-order valence-electron chi connectivity index (χ4n) is 2.32. The SMILES string of the molecule is CC(O)(CC1COCCN1)C1=COCCC1. The zero-order valence-electron chi connectivity index (χ0n) is 9.87. The van der Waals surface area contributed by atoms with E-state index in [0.717, 1.165) is 38.2 Å². The van der Waals surface area contributed by atoms with Crippen LogP contribution in [0.2, 0.25) is 0 Å². The first kappa shape index (κ1) is 11.9. The lowest BCUT2D eigenvalue weighted by molar-refractivity contribution is 0.0205. The van der Waals surface area contributed by atoms with Crippen LogP contribution in [-0.2, 0) is 9.47 Å². The number of hydrogen-bond acceptors (Lipinski definition) is 4. The number of aliphatic hydroxyl groups is 1. The summed E-state index contributed by atoms with van der Waals surface area (Å²) in [7, 11) is 0. The van der Waals surface area contributed by atoms with Gasteiger partial charge in [0.1, 0.15) is 0 Å². The van der Waals surface area contributed by atoms with E-state index >= 15 is 0 Å². The van der Waals surface area contributed by atoms with Crippen molar-refractivity contribution in [3.8, 4) is 0 Å². The van der Waals surface area contributed by atoms with Crippen LogP contribution in [-0.4, -0.2) is 43.1 Å². The summed E-state index contributed by atoms with van der Waals surface area (Å²) in [5, 5.41) is 13.8. The fourth-order valence-corrected chi connectivity index (χ4v) is 2.32. The largest absolute Gasteiger partial charge is 0.501 e. The molecule has 0 saturated carbocycles. The molecular formula is C12H21NO3. The second-order valence-corrected chi connectivity index (χ2v) is 4.82. The molecule has 2 heterocycles. The van der Waals surface area contributed by atoms with Gasteiger partial charge in [-0.05, 0) is 31.8 Å². The first-order valence-corrected chi connectivity index (χ1v) is 6.03. The van der Waals surface area contributed by atoms with Crippen LogP contribution < -0.4 is 5.32 Å². The topological polar surface area (TPSA) is 50.7 Å². The van der Waals surface area contributed by atoms with Crippen molar-refractivity contribution in [2.75, 3.05) is 26.4 Å². The van der Waals surface area contributed by atoms with Crippen molar-refractivity contribution in [3.63, 3.8) is 0 Å². The Bertz CT molecular complexity index is 257. The Labute approximate surface area is 96.6 Å². The van der Waals surface area contributed by atoms with Crippen LogP contribution in [0.1, 0.15) is 26.2 Å². The maximum Gasteiger partial charge on any atom is 0.0876 e. The zero-order chi connectivity index (χ0) is 11.4. The highest BCUT2D eigenvalue weighted by molar-refractivity contribution is 5.15. The minimum absolute atomic E-state index is 0.242. The molecule has 0 amide bonds. The Balaban J connectivity index is 1.92. The van der Waals surface area contributed by atoms with Crippen LogP contribution in [0.5, 0.6) is 0 Å². The first-order chi connectivity index (χ1) is 7.68. The molecule has 0 aromatic carbocycles. The highest BCUT2D eigenvalue weighted by atomic mass is 16.5. The summed E-state index contributed by atoms with van der Waals surface area (Å²) in [5.74, 6) is 0. The van der Waals surface area contributed by atoms with Gasteiger partial charge in [-0.3, -0.25) is 0 Å². The number of ether oxygens (including phenoxy) is 2. The van der Waals surface area contributed by atoms with E-state index in [1.165, 1.54) is 0 Å². The highest BCUT2D eigenvalue weighted by Gasteiger charge is 2.31. The lowest BCUT2D eigenvalue weighted by Crippen LogP contribution is -2.46. The molecule has 1 fully saturated rings. The van der Waals surface area contributed by atoms with E-state index in [4.69, 9.17) is 9.47 Å². The smallest absolute Gasteiger partial charge is 0.0876 e. The second-order valence-electron chi connectivity index (χ2n) is 4.82. The van der Waals surface area contributed by atoms with E-state index in [-0.39, 0.29) is 6.04 Å². The van der Waals surface area contributed by atoms with Gasteiger partial charge in [0.25, 0.3) is 0 Å².